The first-order chi connectivity index (χ1) is 11.2. The molecule has 0 aliphatic carbocycles. The summed E-state index contributed by atoms with van der Waals surface area (Å²) < 4.78 is 16.6. The molecule has 1 aromatic heterocycles. The summed E-state index contributed by atoms with van der Waals surface area (Å²) in [4.78, 5) is 13.0. The van der Waals surface area contributed by atoms with Gasteiger partial charge in [-0.3, -0.25) is 0 Å². The molecule has 1 unspecified atom stereocenters. The van der Waals surface area contributed by atoms with Gasteiger partial charge in [0.25, 0.3) is 0 Å². The van der Waals surface area contributed by atoms with Gasteiger partial charge in [-0.2, -0.15) is 0 Å². The van der Waals surface area contributed by atoms with Crippen molar-refractivity contribution in [1.29, 1.82) is 0 Å². The van der Waals surface area contributed by atoms with E-state index in [9.17, 15) is 4.79 Å². The van der Waals surface area contributed by atoms with Gasteiger partial charge >= 0.3 is 6.03 Å². The molecule has 0 radical (unpaired) electrons. The van der Waals surface area contributed by atoms with Crippen LogP contribution in [0.3, 0.4) is 0 Å². The number of carbonyl (C=O) groups excluding carboxylic acids is 1. The lowest BCUT2D eigenvalue weighted by atomic mass is 10.3. The van der Waals surface area contributed by atoms with E-state index in [0.29, 0.717) is 28.1 Å². The third kappa shape index (κ3) is 3.87. The summed E-state index contributed by atoms with van der Waals surface area (Å²) in [5.74, 6) is 1.29. The van der Waals surface area contributed by atoms with Crippen molar-refractivity contribution in [2.24, 2.45) is 0 Å². The SMILES string of the molecule is COC(CNC(=O)Nc1ccc2c(c1)OCO2)c1ccc(Cl)s1. The molecule has 8 heteroatoms. The van der Waals surface area contributed by atoms with E-state index in [2.05, 4.69) is 10.6 Å². The molecule has 122 valence electrons. The van der Waals surface area contributed by atoms with Gasteiger partial charge in [0.05, 0.1) is 10.9 Å². The Balaban J connectivity index is 1.54. The highest BCUT2D eigenvalue weighted by Gasteiger charge is 2.16. The highest BCUT2D eigenvalue weighted by atomic mass is 35.5. The Morgan fingerprint density at radius 2 is 2.17 bits per heavy atom. The van der Waals surface area contributed by atoms with Crippen molar-refractivity contribution in [1.82, 2.24) is 5.32 Å². The number of hydrogen-bond acceptors (Lipinski definition) is 5. The molecule has 1 aliphatic rings. The lowest BCUT2D eigenvalue weighted by Gasteiger charge is -2.15. The molecule has 0 spiro atoms. The summed E-state index contributed by atoms with van der Waals surface area (Å²) in [7, 11) is 1.59. The van der Waals surface area contributed by atoms with Gasteiger partial charge in [0.2, 0.25) is 6.79 Å². The zero-order valence-electron chi connectivity index (χ0n) is 12.3. The number of halogens is 1. The average Bonchev–Trinajstić information content (AvgIpc) is 3.16. The molecule has 0 saturated carbocycles. The summed E-state index contributed by atoms with van der Waals surface area (Å²) >= 11 is 7.35. The monoisotopic (exact) mass is 354 g/mol. The van der Waals surface area contributed by atoms with E-state index in [1.165, 1.54) is 11.3 Å². The van der Waals surface area contributed by atoms with Crippen LogP contribution in [0.5, 0.6) is 11.5 Å². The summed E-state index contributed by atoms with van der Waals surface area (Å²) in [6.07, 6.45) is -0.241. The van der Waals surface area contributed by atoms with Gasteiger partial charge in [0, 0.05) is 23.7 Å². The second-order valence-corrected chi connectivity index (χ2v) is 6.52. The predicted molar refractivity (Wildman–Crippen MR) is 88.7 cm³/mol. The first-order valence-corrected chi connectivity index (χ1v) is 8.07. The molecular weight excluding hydrogens is 340 g/mol. The second-order valence-electron chi connectivity index (χ2n) is 4.77. The number of carbonyl (C=O) groups is 1. The molecule has 3 rings (SSSR count). The molecule has 0 fully saturated rings. The molecule has 0 bridgehead atoms. The van der Waals surface area contributed by atoms with Crippen LogP contribution in [-0.4, -0.2) is 26.5 Å². The number of ether oxygens (including phenoxy) is 3. The molecule has 2 heterocycles. The maximum absolute atomic E-state index is 12.0. The predicted octanol–water partition coefficient (Wildman–Crippen LogP) is 3.64. The van der Waals surface area contributed by atoms with E-state index in [1.54, 1.807) is 31.4 Å². The van der Waals surface area contributed by atoms with Gasteiger partial charge in [-0.1, -0.05) is 11.6 Å². The third-order valence-electron chi connectivity index (χ3n) is 3.27. The average molecular weight is 355 g/mol. The van der Waals surface area contributed by atoms with E-state index in [0.717, 1.165) is 4.88 Å². The van der Waals surface area contributed by atoms with Gasteiger partial charge in [-0.05, 0) is 24.3 Å². The smallest absolute Gasteiger partial charge is 0.319 e. The zero-order chi connectivity index (χ0) is 16.2. The van der Waals surface area contributed by atoms with Gasteiger partial charge < -0.3 is 24.8 Å². The molecular formula is C15H15ClN2O4S. The fourth-order valence-corrected chi connectivity index (χ4v) is 3.27. The Morgan fingerprint density at radius 3 is 2.91 bits per heavy atom. The Morgan fingerprint density at radius 1 is 1.35 bits per heavy atom. The van der Waals surface area contributed by atoms with Crippen molar-refractivity contribution in [3.05, 3.63) is 39.5 Å². The molecule has 23 heavy (non-hydrogen) atoms. The summed E-state index contributed by atoms with van der Waals surface area (Å²) in [5, 5.41) is 5.52. The molecule has 6 nitrogen and oxygen atoms in total. The largest absolute Gasteiger partial charge is 0.454 e. The maximum atomic E-state index is 12.0. The number of urea groups is 1. The number of amides is 2. The molecule has 2 aromatic rings. The minimum Gasteiger partial charge on any atom is -0.454 e. The highest BCUT2D eigenvalue weighted by molar-refractivity contribution is 7.16. The quantitative estimate of drug-likeness (QED) is 0.860. The van der Waals surface area contributed by atoms with Gasteiger partial charge in [-0.15, -0.1) is 11.3 Å². The maximum Gasteiger partial charge on any atom is 0.319 e. The van der Waals surface area contributed by atoms with Crippen molar-refractivity contribution < 1.29 is 19.0 Å². The van der Waals surface area contributed by atoms with E-state index in [-0.39, 0.29) is 18.9 Å². The van der Waals surface area contributed by atoms with Crippen molar-refractivity contribution in [2.75, 3.05) is 25.8 Å². The molecule has 1 aliphatic heterocycles. The zero-order valence-corrected chi connectivity index (χ0v) is 13.9. The van der Waals surface area contributed by atoms with E-state index >= 15 is 0 Å². The Bertz CT molecular complexity index is 707. The second kappa shape index (κ2) is 7.08. The van der Waals surface area contributed by atoms with Crippen LogP contribution in [0.25, 0.3) is 0 Å². The highest BCUT2D eigenvalue weighted by Crippen LogP contribution is 2.34. The third-order valence-corrected chi connectivity index (χ3v) is 4.60. The number of thiophene rings is 1. The van der Waals surface area contributed by atoms with Gasteiger partial charge in [0.15, 0.2) is 11.5 Å². The first-order valence-electron chi connectivity index (χ1n) is 6.88. The van der Waals surface area contributed by atoms with Crippen LogP contribution in [0.1, 0.15) is 11.0 Å². The van der Waals surface area contributed by atoms with Crippen LogP contribution < -0.4 is 20.1 Å². The van der Waals surface area contributed by atoms with Crippen LogP contribution >= 0.6 is 22.9 Å². The summed E-state index contributed by atoms with van der Waals surface area (Å²) in [6.45, 7) is 0.535. The van der Waals surface area contributed by atoms with Crippen LogP contribution in [0, 0.1) is 0 Å². The van der Waals surface area contributed by atoms with Crippen molar-refractivity contribution in [3.8, 4) is 11.5 Å². The number of methoxy groups -OCH3 is 1. The van der Waals surface area contributed by atoms with E-state index in [1.807, 2.05) is 6.07 Å². The molecule has 1 aromatic carbocycles. The summed E-state index contributed by atoms with van der Waals surface area (Å²) in [6, 6.07) is 8.59. The van der Waals surface area contributed by atoms with Crippen LogP contribution in [0.15, 0.2) is 30.3 Å². The first kappa shape index (κ1) is 15.9. The van der Waals surface area contributed by atoms with Crippen molar-refractivity contribution >= 4 is 34.7 Å². The van der Waals surface area contributed by atoms with Crippen molar-refractivity contribution in [2.45, 2.75) is 6.10 Å². The van der Waals surface area contributed by atoms with Gasteiger partial charge in [0.1, 0.15) is 6.10 Å². The van der Waals surface area contributed by atoms with E-state index < -0.39 is 0 Å². The normalized spacial score (nSPS) is 13.7. The molecule has 2 amide bonds. The Hall–Kier alpha value is -1.96. The summed E-state index contributed by atoms with van der Waals surface area (Å²) in [5.41, 5.74) is 0.625. The molecule has 0 saturated heterocycles. The number of benzene rings is 1. The number of hydrogen-bond donors (Lipinski definition) is 2. The topological polar surface area (TPSA) is 68.8 Å². The Labute approximate surface area is 142 Å². The number of rotatable bonds is 5. The minimum absolute atomic E-state index is 0.198. The fraction of sp³-hybridized carbons (Fsp3) is 0.267. The fourth-order valence-electron chi connectivity index (χ4n) is 2.14. The number of nitrogens with one attached hydrogen (secondary N) is 2. The van der Waals surface area contributed by atoms with Crippen molar-refractivity contribution in [3.63, 3.8) is 0 Å². The lowest BCUT2D eigenvalue weighted by Crippen LogP contribution is -2.32. The van der Waals surface area contributed by atoms with Gasteiger partial charge in [-0.25, -0.2) is 4.79 Å². The molecule has 1 atom stereocenters. The van der Waals surface area contributed by atoms with Crippen LogP contribution in [-0.2, 0) is 4.74 Å². The minimum atomic E-state index is -0.325. The lowest BCUT2D eigenvalue weighted by molar-refractivity contribution is 0.107. The van der Waals surface area contributed by atoms with E-state index in [4.69, 9.17) is 25.8 Å². The Kier molecular flexibility index (Phi) is 4.90. The standard InChI is InChI=1S/C15H15ClN2O4S/c1-20-12(13-4-5-14(16)23-13)7-17-15(19)18-9-2-3-10-11(6-9)22-8-21-10/h2-6,12H,7-8H2,1H3,(H2,17,18,19). The van der Waals surface area contributed by atoms with Crippen LogP contribution in [0.2, 0.25) is 4.34 Å². The number of anilines is 1. The number of fused-ring (bicyclic) bond motifs is 1. The van der Waals surface area contributed by atoms with Crippen LogP contribution in [0.4, 0.5) is 10.5 Å². The molecule has 2 N–H and O–H groups in total.